The maximum absolute atomic E-state index is 5.66. The van der Waals surface area contributed by atoms with Gasteiger partial charge >= 0.3 is 0 Å². The molecular weight excluding hydrogens is 252 g/mol. The molecule has 3 rings (SSSR count). The second-order valence-electron chi connectivity index (χ2n) is 4.65. The molecular formula is C14H16N6. The summed E-state index contributed by atoms with van der Waals surface area (Å²) < 4.78 is 1.77. The quantitative estimate of drug-likeness (QED) is 0.774. The Hall–Kier alpha value is -2.63. The molecule has 0 amide bonds. The predicted molar refractivity (Wildman–Crippen MR) is 78.6 cm³/mol. The Kier molecular flexibility index (Phi) is 3.20. The summed E-state index contributed by atoms with van der Waals surface area (Å²) in [5.41, 5.74) is 7.68. The smallest absolute Gasteiger partial charge is 0.240 e. The summed E-state index contributed by atoms with van der Waals surface area (Å²) in [5, 5.41) is 4.22. The Balaban J connectivity index is 1.80. The van der Waals surface area contributed by atoms with Crippen molar-refractivity contribution in [3.8, 4) is 0 Å². The van der Waals surface area contributed by atoms with E-state index in [4.69, 9.17) is 5.73 Å². The summed E-state index contributed by atoms with van der Waals surface area (Å²) in [6, 6.07) is 9.92. The Labute approximate surface area is 116 Å². The minimum Gasteiger partial charge on any atom is -0.366 e. The predicted octanol–water partition coefficient (Wildman–Crippen LogP) is 1.39. The fourth-order valence-electron chi connectivity index (χ4n) is 2.16. The van der Waals surface area contributed by atoms with Crippen LogP contribution in [0, 0.1) is 0 Å². The number of anilines is 2. The van der Waals surface area contributed by atoms with Crippen molar-refractivity contribution < 1.29 is 0 Å². The molecule has 0 saturated heterocycles. The number of nitrogens with zero attached hydrogens (tertiary/aromatic N) is 5. The summed E-state index contributed by atoms with van der Waals surface area (Å²) in [6.07, 6.45) is 4.57. The van der Waals surface area contributed by atoms with Crippen molar-refractivity contribution in [1.29, 1.82) is 0 Å². The second kappa shape index (κ2) is 5.16. The van der Waals surface area contributed by atoms with Gasteiger partial charge in [0, 0.05) is 26.0 Å². The summed E-state index contributed by atoms with van der Waals surface area (Å²) in [5.74, 6) is 1.26. The molecule has 3 aromatic heterocycles. The molecule has 6 heteroatoms. The molecule has 3 heterocycles. The molecule has 0 aliphatic heterocycles. The molecule has 0 aromatic carbocycles. The van der Waals surface area contributed by atoms with Crippen molar-refractivity contribution in [2.75, 3.05) is 24.2 Å². The molecule has 0 unspecified atom stereocenters. The van der Waals surface area contributed by atoms with Crippen LogP contribution in [0.25, 0.3) is 5.65 Å². The zero-order valence-electron chi connectivity index (χ0n) is 11.3. The fraction of sp³-hybridized carbons (Fsp3) is 0.214. The zero-order chi connectivity index (χ0) is 13.9. The number of pyridine rings is 2. The molecule has 2 N–H and O–H groups in total. The van der Waals surface area contributed by atoms with Crippen LogP contribution in [0.2, 0.25) is 0 Å². The van der Waals surface area contributed by atoms with Crippen LogP contribution in [-0.2, 0) is 6.42 Å². The van der Waals surface area contributed by atoms with Crippen molar-refractivity contribution in [1.82, 2.24) is 19.6 Å². The van der Waals surface area contributed by atoms with Gasteiger partial charge in [0.25, 0.3) is 0 Å². The highest BCUT2D eigenvalue weighted by molar-refractivity contribution is 5.52. The number of nitrogen functional groups attached to an aromatic ring is 1. The lowest BCUT2D eigenvalue weighted by atomic mass is 10.2. The minimum absolute atomic E-state index is 0.292. The van der Waals surface area contributed by atoms with E-state index in [1.165, 1.54) is 5.56 Å². The number of fused-ring (bicyclic) bond motifs is 1. The molecule has 0 bridgehead atoms. The Morgan fingerprint density at radius 3 is 2.80 bits per heavy atom. The van der Waals surface area contributed by atoms with Gasteiger partial charge in [-0.15, -0.1) is 5.10 Å². The molecule has 0 aliphatic carbocycles. The third-order valence-electron chi connectivity index (χ3n) is 3.23. The number of hydrogen-bond donors (Lipinski definition) is 1. The maximum atomic E-state index is 5.66. The highest BCUT2D eigenvalue weighted by Gasteiger charge is 2.08. The Bertz CT molecular complexity index is 706. The molecule has 0 atom stereocenters. The molecule has 0 spiro atoms. The topological polar surface area (TPSA) is 72.3 Å². The van der Waals surface area contributed by atoms with E-state index >= 15 is 0 Å². The van der Waals surface area contributed by atoms with Gasteiger partial charge in [-0.1, -0.05) is 6.07 Å². The minimum atomic E-state index is 0.292. The van der Waals surface area contributed by atoms with Gasteiger partial charge in [0.05, 0.1) is 0 Å². The lowest BCUT2D eigenvalue weighted by molar-refractivity contribution is 0.822. The molecule has 0 radical (unpaired) electrons. The van der Waals surface area contributed by atoms with E-state index in [2.05, 4.69) is 20.0 Å². The molecule has 6 nitrogen and oxygen atoms in total. The highest BCUT2D eigenvalue weighted by Crippen LogP contribution is 2.15. The van der Waals surface area contributed by atoms with E-state index in [1.54, 1.807) is 4.52 Å². The van der Waals surface area contributed by atoms with E-state index < -0.39 is 0 Å². The second-order valence-corrected chi connectivity index (χ2v) is 4.65. The fourth-order valence-corrected chi connectivity index (χ4v) is 2.16. The lowest BCUT2D eigenvalue weighted by Gasteiger charge is -2.19. The number of hydrogen-bond acceptors (Lipinski definition) is 5. The van der Waals surface area contributed by atoms with Crippen LogP contribution in [-0.4, -0.2) is 33.2 Å². The third kappa shape index (κ3) is 2.40. The van der Waals surface area contributed by atoms with Crippen molar-refractivity contribution in [3.63, 3.8) is 0 Å². The third-order valence-corrected chi connectivity index (χ3v) is 3.23. The van der Waals surface area contributed by atoms with Gasteiger partial charge in [-0.25, -0.2) is 0 Å². The van der Waals surface area contributed by atoms with E-state index in [9.17, 15) is 0 Å². The summed E-state index contributed by atoms with van der Waals surface area (Å²) in [4.78, 5) is 10.3. The van der Waals surface area contributed by atoms with Crippen LogP contribution in [0.4, 0.5) is 11.8 Å². The summed E-state index contributed by atoms with van der Waals surface area (Å²) >= 11 is 0. The van der Waals surface area contributed by atoms with E-state index in [0.717, 1.165) is 24.4 Å². The first-order chi connectivity index (χ1) is 9.74. The van der Waals surface area contributed by atoms with Crippen molar-refractivity contribution in [3.05, 3.63) is 48.3 Å². The first-order valence-corrected chi connectivity index (χ1v) is 6.45. The number of nitrogens with two attached hydrogens (primary N) is 1. The maximum Gasteiger partial charge on any atom is 0.240 e. The molecule has 102 valence electrons. The van der Waals surface area contributed by atoms with Crippen molar-refractivity contribution in [2.24, 2.45) is 0 Å². The number of aromatic nitrogens is 4. The summed E-state index contributed by atoms with van der Waals surface area (Å²) in [7, 11) is 2.04. The van der Waals surface area contributed by atoms with Crippen LogP contribution in [0.1, 0.15) is 5.56 Å². The average molecular weight is 268 g/mol. The molecule has 0 aliphatic rings. The Morgan fingerprint density at radius 1 is 1.20 bits per heavy atom. The van der Waals surface area contributed by atoms with Crippen LogP contribution < -0.4 is 10.6 Å². The van der Waals surface area contributed by atoms with E-state index in [-0.39, 0.29) is 0 Å². The van der Waals surface area contributed by atoms with Crippen LogP contribution in [0.3, 0.4) is 0 Å². The van der Waals surface area contributed by atoms with Gasteiger partial charge < -0.3 is 10.6 Å². The van der Waals surface area contributed by atoms with Crippen LogP contribution >= 0.6 is 0 Å². The van der Waals surface area contributed by atoms with Gasteiger partial charge in [-0.05, 0) is 36.2 Å². The Morgan fingerprint density at radius 2 is 2.00 bits per heavy atom. The molecule has 3 aromatic rings. The van der Waals surface area contributed by atoms with Crippen molar-refractivity contribution in [2.45, 2.75) is 6.42 Å². The normalized spacial score (nSPS) is 10.8. The first kappa shape index (κ1) is 12.4. The molecule has 20 heavy (non-hydrogen) atoms. The van der Waals surface area contributed by atoms with Gasteiger partial charge in [0.1, 0.15) is 5.82 Å². The standard InChI is InChI=1S/C14H16N6/c1-19(10-7-11-5-8-16-9-6-11)13-4-2-3-12-17-14(15)18-20(12)13/h2-6,8-9H,7,10H2,1H3,(H2,15,18). The SMILES string of the molecule is CN(CCc1ccncc1)c1cccc2nc(N)nn12. The average Bonchev–Trinajstić information content (AvgIpc) is 2.85. The van der Waals surface area contributed by atoms with Crippen molar-refractivity contribution >= 4 is 17.4 Å². The largest absolute Gasteiger partial charge is 0.366 e. The molecule has 0 saturated carbocycles. The number of likely N-dealkylation sites (N-methyl/N-ethyl adjacent to an activating group) is 1. The first-order valence-electron chi connectivity index (χ1n) is 6.45. The van der Waals surface area contributed by atoms with Crippen LogP contribution in [0.15, 0.2) is 42.7 Å². The van der Waals surface area contributed by atoms with Crippen LogP contribution in [0.5, 0.6) is 0 Å². The van der Waals surface area contributed by atoms with Gasteiger partial charge in [-0.3, -0.25) is 4.98 Å². The monoisotopic (exact) mass is 268 g/mol. The van der Waals surface area contributed by atoms with Gasteiger partial charge in [0.2, 0.25) is 5.95 Å². The summed E-state index contributed by atoms with van der Waals surface area (Å²) in [6.45, 7) is 0.878. The molecule has 0 fully saturated rings. The lowest BCUT2D eigenvalue weighted by Crippen LogP contribution is -2.23. The number of rotatable bonds is 4. The van der Waals surface area contributed by atoms with E-state index in [1.807, 2.05) is 49.8 Å². The van der Waals surface area contributed by atoms with Gasteiger partial charge in [0.15, 0.2) is 5.65 Å². The highest BCUT2D eigenvalue weighted by atomic mass is 15.4. The van der Waals surface area contributed by atoms with Gasteiger partial charge in [-0.2, -0.15) is 9.50 Å². The van der Waals surface area contributed by atoms with E-state index in [0.29, 0.717) is 5.95 Å². The zero-order valence-corrected chi connectivity index (χ0v) is 11.3.